The quantitative estimate of drug-likeness (QED) is 0.304. The van der Waals surface area contributed by atoms with Gasteiger partial charge in [0.05, 0.1) is 17.7 Å². The highest BCUT2D eigenvalue weighted by Gasteiger charge is 2.52. The molecule has 0 N–H and O–H groups in total. The summed E-state index contributed by atoms with van der Waals surface area (Å²) in [6.45, 7) is 1.85. The van der Waals surface area contributed by atoms with Crippen LogP contribution in [0.3, 0.4) is 0 Å². The van der Waals surface area contributed by atoms with Crippen LogP contribution < -0.4 is 14.4 Å². The number of carbonyl (C=O) groups is 1. The molecule has 3 aromatic carbocycles. The normalized spacial score (nSPS) is 17.8. The Balaban J connectivity index is 1.76. The minimum atomic E-state index is -0.824. The maximum absolute atomic E-state index is 13.2. The number of para-hydroxylation sites is 1. The van der Waals surface area contributed by atoms with Crippen LogP contribution in [0.25, 0.3) is 0 Å². The standard InChI is InChI=1S/C23H19ClN2O5/c1-14-12-15(24)10-11-19(14)31-22-21(18-8-3-4-9-20(18)30-2)25(23(22)27)16-6-5-7-17(13-16)26(28)29/h3-13,21-22H,1-2H3/t21-,22-/m1/s1. The molecule has 1 amide bonds. The van der Waals surface area contributed by atoms with E-state index in [0.717, 1.165) is 11.1 Å². The Labute approximate surface area is 183 Å². The van der Waals surface area contributed by atoms with E-state index >= 15 is 0 Å². The average molecular weight is 439 g/mol. The number of ether oxygens (including phenoxy) is 2. The molecule has 3 aromatic rings. The number of rotatable bonds is 6. The maximum atomic E-state index is 13.2. The van der Waals surface area contributed by atoms with E-state index in [1.807, 2.05) is 25.1 Å². The highest BCUT2D eigenvalue weighted by molar-refractivity contribution is 6.30. The summed E-state index contributed by atoms with van der Waals surface area (Å²) in [4.78, 5) is 25.4. The van der Waals surface area contributed by atoms with Crippen molar-refractivity contribution in [3.8, 4) is 11.5 Å². The highest BCUT2D eigenvalue weighted by atomic mass is 35.5. The number of amides is 1. The van der Waals surface area contributed by atoms with Gasteiger partial charge in [0.1, 0.15) is 17.5 Å². The van der Waals surface area contributed by atoms with Gasteiger partial charge in [-0.15, -0.1) is 0 Å². The van der Waals surface area contributed by atoms with Crippen molar-refractivity contribution in [1.29, 1.82) is 0 Å². The topological polar surface area (TPSA) is 81.9 Å². The number of nitro benzene ring substituents is 1. The molecule has 1 aliphatic heterocycles. The molecule has 0 aliphatic carbocycles. The van der Waals surface area contributed by atoms with E-state index in [2.05, 4.69) is 0 Å². The van der Waals surface area contributed by atoms with E-state index in [1.165, 1.54) is 17.0 Å². The van der Waals surface area contributed by atoms with Crippen molar-refractivity contribution in [3.63, 3.8) is 0 Å². The van der Waals surface area contributed by atoms with E-state index in [0.29, 0.717) is 22.2 Å². The second-order valence-corrected chi connectivity index (χ2v) is 7.56. The summed E-state index contributed by atoms with van der Waals surface area (Å²) in [5.74, 6) is 0.837. The number of β-lactam (4-membered cyclic amide) rings is 1. The molecular formula is C23H19ClN2O5. The summed E-state index contributed by atoms with van der Waals surface area (Å²) in [5, 5.41) is 11.8. The van der Waals surface area contributed by atoms with Crippen LogP contribution in [-0.4, -0.2) is 24.0 Å². The van der Waals surface area contributed by atoms with Gasteiger partial charge in [-0.25, -0.2) is 0 Å². The lowest BCUT2D eigenvalue weighted by Gasteiger charge is -2.47. The number of aryl methyl sites for hydroxylation is 1. The fourth-order valence-corrected chi connectivity index (χ4v) is 3.94. The van der Waals surface area contributed by atoms with Gasteiger partial charge in [0.25, 0.3) is 11.6 Å². The lowest BCUT2D eigenvalue weighted by Crippen LogP contribution is -2.61. The van der Waals surface area contributed by atoms with Gasteiger partial charge in [-0.05, 0) is 42.8 Å². The van der Waals surface area contributed by atoms with Gasteiger partial charge in [-0.3, -0.25) is 19.8 Å². The van der Waals surface area contributed by atoms with Crippen molar-refractivity contribution >= 4 is 28.9 Å². The third-order valence-corrected chi connectivity index (χ3v) is 5.45. The fraction of sp³-hybridized carbons (Fsp3) is 0.174. The lowest BCUT2D eigenvalue weighted by molar-refractivity contribution is -0.384. The number of hydrogen-bond acceptors (Lipinski definition) is 5. The molecule has 1 saturated heterocycles. The van der Waals surface area contributed by atoms with Crippen molar-refractivity contribution in [1.82, 2.24) is 0 Å². The molecule has 1 aliphatic rings. The summed E-state index contributed by atoms with van der Waals surface area (Å²) in [6, 6.07) is 18.0. The largest absolute Gasteiger partial charge is 0.496 e. The summed E-state index contributed by atoms with van der Waals surface area (Å²) >= 11 is 6.04. The minimum Gasteiger partial charge on any atom is -0.496 e. The summed E-state index contributed by atoms with van der Waals surface area (Å²) in [6.07, 6.45) is -0.824. The van der Waals surface area contributed by atoms with Gasteiger partial charge in [-0.1, -0.05) is 35.9 Å². The molecule has 0 aromatic heterocycles. The zero-order valence-corrected chi connectivity index (χ0v) is 17.6. The molecule has 2 atom stereocenters. The molecule has 1 fully saturated rings. The second kappa shape index (κ2) is 8.28. The first kappa shape index (κ1) is 20.7. The lowest BCUT2D eigenvalue weighted by atomic mass is 9.89. The number of nitro groups is 1. The van der Waals surface area contributed by atoms with Gasteiger partial charge in [-0.2, -0.15) is 0 Å². The van der Waals surface area contributed by atoms with Gasteiger partial charge >= 0.3 is 0 Å². The molecule has 7 nitrogen and oxygen atoms in total. The summed E-state index contributed by atoms with van der Waals surface area (Å²) < 4.78 is 11.6. The van der Waals surface area contributed by atoms with E-state index in [-0.39, 0.29) is 11.6 Å². The first-order valence-corrected chi connectivity index (χ1v) is 9.91. The Morgan fingerprint density at radius 3 is 2.52 bits per heavy atom. The van der Waals surface area contributed by atoms with Crippen LogP contribution in [0.4, 0.5) is 11.4 Å². The SMILES string of the molecule is COc1ccccc1[C@@H]1[C@@H](Oc2ccc(Cl)cc2C)C(=O)N1c1cccc([N+](=O)[O-])c1. The van der Waals surface area contributed by atoms with Crippen LogP contribution in [0.2, 0.25) is 5.02 Å². The molecule has 0 unspecified atom stereocenters. The van der Waals surface area contributed by atoms with Crippen LogP contribution >= 0.6 is 11.6 Å². The number of benzene rings is 3. The molecule has 0 spiro atoms. The second-order valence-electron chi connectivity index (χ2n) is 7.12. The van der Waals surface area contributed by atoms with Crippen molar-refractivity contribution < 1.29 is 19.2 Å². The first-order chi connectivity index (χ1) is 14.9. The van der Waals surface area contributed by atoms with Crippen molar-refractivity contribution in [3.05, 3.63) is 93.0 Å². The Hall–Kier alpha value is -3.58. The Morgan fingerprint density at radius 1 is 1.03 bits per heavy atom. The van der Waals surface area contributed by atoms with Crippen molar-refractivity contribution in [2.75, 3.05) is 12.0 Å². The average Bonchev–Trinajstić information content (AvgIpc) is 2.76. The Kier molecular flexibility index (Phi) is 5.52. The van der Waals surface area contributed by atoms with Gasteiger partial charge in [0.15, 0.2) is 0 Å². The number of hydrogen-bond donors (Lipinski definition) is 0. The molecule has 31 heavy (non-hydrogen) atoms. The summed E-state index contributed by atoms with van der Waals surface area (Å²) in [7, 11) is 1.55. The third-order valence-electron chi connectivity index (χ3n) is 5.21. The van der Waals surface area contributed by atoms with Gasteiger partial charge < -0.3 is 9.47 Å². The zero-order chi connectivity index (χ0) is 22.1. The number of anilines is 1. The van der Waals surface area contributed by atoms with Gasteiger partial charge in [0, 0.05) is 22.7 Å². The third kappa shape index (κ3) is 3.80. The Morgan fingerprint density at radius 2 is 1.81 bits per heavy atom. The molecule has 0 bridgehead atoms. The van der Waals surface area contributed by atoms with Crippen LogP contribution in [0.15, 0.2) is 66.7 Å². The maximum Gasteiger partial charge on any atom is 0.271 e. The van der Waals surface area contributed by atoms with Crippen molar-refractivity contribution in [2.45, 2.75) is 19.1 Å². The number of non-ortho nitro benzene ring substituents is 1. The van der Waals surface area contributed by atoms with E-state index in [9.17, 15) is 14.9 Å². The predicted molar refractivity (Wildman–Crippen MR) is 117 cm³/mol. The number of nitrogens with zero attached hydrogens (tertiary/aromatic N) is 2. The van der Waals surface area contributed by atoms with E-state index < -0.39 is 17.1 Å². The summed E-state index contributed by atoms with van der Waals surface area (Å²) in [5.41, 5.74) is 1.87. The monoisotopic (exact) mass is 438 g/mol. The Bertz CT molecular complexity index is 1170. The highest BCUT2D eigenvalue weighted by Crippen LogP contribution is 2.45. The zero-order valence-electron chi connectivity index (χ0n) is 16.8. The molecule has 8 heteroatoms. The van der Waals surface area contributed by atoms with Crippen LogP contribution in [0.1, 0.15) is 17.2 Å². The van der Waals surface area contributed by atoms with Crippen LogP contribution in [0, 0.1) is 17.0 Å². The number of carbonyl (C=O) groups excluding carboxylic acids is 1. The molecular weight excluding hydrogens is 420 g/mol. The minimum absolute atomic E-state index is 0.0954. The van der Waals surface area contributed by atoms with Crippen LogP contribution in [0.5, 0.6) is 11.5 Å². The van der Waals surface area contributed by atoms with E-state index in [4.69, 9.17) is 21.1 Å². The smallest absolute Gasteiger partial charge is 0.271 e. The van der Waals surface area contributed by atoms with Crippen LogP contribution in [-0.2, 0) is 4.79 Å². The number of methoxy groups -OCH3 is 1. The fourth-order valence-electron chi connectivity index (χ4n) is 3.72. The molecule has 0 saturated carbocycles. The van der Waals surface area contributed by atoms with E-state index in [1.54, 1.807) is 43.5 Å². The molecule has 158 valence electrons. The predicted octanol–water partition coefficient (Wildman–Crippen LogP) is 5.10. The number of halogens is 1. The first-order valence-electron chi connectivity index (χ1n) is 9.54. The molecule has 1 heterocycles. The van der Waals surface area contributed by atoms with Gasteiger partial charge in [0.2, 0.25) is 6.10 Å². The molecule has 0 radical (unpaired) electrons. The molecule has 4 rings (SSSR count). The van der Waals surface area contributed by atoms with Crippen molar-refractivity contribution in [2.24, 2.45) is 0 Å².